The van der Waals surface area contributed by atoms with Crippen LogP contribution >= 0.6 is 0 Å². The molecule has 0 unspecified atom stereocenters. The van der Waals surface area contributed by atoms with Crippen LogP contribution in [0, 0.1) is 22.7 Å². The second-order valence-electron chi connectivity index (χ2n) is 3.80. The van der Waals surface area contributed by atoms with Gasteiger partial charge in [-0.1, -0.05) is 0 Å². The quantitative estimate of drug-likeness (QED) is 0.572. The van der Waals surface area contributed by atoms with Gasteiger partial charge in [0.2, 0.25) is 0 Å². The number of aliphatic hydroxyl groups excluding tert-OH is 1. The predicted octanol–water partition coefficient (Wildman–Crippen LogP) is 1.67. The fourth-order valence-corrected chi connectivity index (χ4v) is 1.56. The third-order valence-electron chi connectivity index (χ3n) is 2.44. The molecule has 0 spiro atoms. The van der Waals surface area contributed by atoms with E-state index in [4.69, 9.17) is 15.6 Å². The third kappa shape index (κ3) is 9.45. The van der Waals surface area contributed by atoms with E-state index in [1.807, 2.05) is 0 Å². The lowest BCUT2D eigenvalue weighted by atomic mass is 10.2. The van der Waals surface area contributed by atoms with E-state index in [1.54, 1.807) is 0 Å². The summed E-state index contributed by atoms with van der Waals surface area (Å²) in [4.78, 5) is 2.20. The van der Waals surface area contributed by atoms with Crippen LogP contribution in [0.1, 0.15) is 38.5 Å². The summed E-state index contributed by atoms with van der Waals surface area (Å²) in [6, 6.07) is 4.26. The van der Waals surface area contributed by atoms with Crippen molar-refractivity contribution in [3.63, 3.8) is 0 Å². The highest BCUT2D eigenvalue weighted by atomic mass is 16.3. The Morgan fingerprint density at radius 1 is 0.812 bits per heavy atom. The molecule has 4 nitrogen and oxygen atoms in total. The zero-order chi connectivity index (χ0) is 12.1. The summed E-state index contributed by atoms with van der Waals surface area (Å²) in [5.41, 5.74) is 0. The molecule has 0 aromatic rings. The molecule has 4 heteroatoms. The molecule has 1 N–H and O–H groups in total. The molecule has 0 aromatic heterocycles. The average Bonchev–Trinajstić information content (AvgIpc) is 2.30. The van der Waals surface area contributed by atoms with Crippen LogP contribution in [0.2, 0.25) is 0 Å². The highest BCUT2D eigenvalue weighted by molar-refractivity contribution is 4.70. The molecule has 0 bridgehead atoms. The van der Waals surface area contributed by atoms with E-state index in [1.165, 1.54) is 0 Å². The first kappa shape index (κ1) is 14.9. The first-order valence-corrected chi connectivity index (χ1v) is 5.92. The minimum Gasteiger partial charge on any atom is -0.395 e. The summed E-state index contributed by atoms with van der Waals surface area (Å²) in [5, 5.41) is 25.7. The number of unbranched alkanes of at least 4 members (excludes halogenated alkanes) is 4. The van der Waals surface area contributed by atoms with Gasteiger partial charge in [-0.15, -0.1) is 0 Å². The van der Waals surface area contributed by atoms with Crippen LogP contribution in [0.4, 0.5) is 0 Å². The molecule has 0 amide bonds. The van der Waals surface area contributed by atoms with Gasteiger partial charge in [0.05, 0.1) is 18.7 Å². The maximum Gasteiger partial charge on any atom is 0.0621 e. The molecule has 0 aliphatic carbocycles. The molecule has 0 heterocycles. The van der Waals surface area contributed by atoms with E-state index in [0.29, 0.717) is 19.4 Å². The summed E-state index contributed by atoms with van der Waals surface area (Å²) in [6.45, 7) is 2.75. The number of rotatable bonds is 10. The number of aliphatic hydroxyl groups is 1. The Bertz CT molecular complexity index is 207. The van der Waals surface area contributed by atoms with Crippen LogP contribution in [0.5, 0.6) is 0 Å². The number of hydrogen-bond acceptors (Lipinski definition) is 4. The lowest BCUT2D eigenvalue weighted by Gasteiger charge is -2.20. The van der Waals surface area contributed by atoms with Crippen LogP contribution in [-0.4, -0.2) is 36.2 Å². The average molecular weight is 223 g/mol. The van der Waals surface area contributed by atoms with Gasteiger partial charge in [-0.3, -0.25) is 0 Å². The first-order chi connectivity index (χ1) is 7.85. The van der Waals surface area contributed by atoms with Gasteiger partial charge in [0.15, 0.2) is 0 Å². The van der Waals surface area contributed by atoms with E-state index < -0.39 is 0 Å². The standard InChI is InChI=1S/C12H21N3O/c13-7-3-1-5-9-15(11-12-16)10-6-2-4-8-14/h16H,1-6,9-12H2. The first-order valence-electron chi connectivity index (χ1n) is 5.92. The Morgan fingerprint density at radius 2 is 1.31 bits per heavy atom. The molecule has 16 heavy (non-hydrogen) atoms. The smallest absolute Gasteiger partial charge is 0.0621 e. The zero-order valence-corrected chi connectivity index (χ0v) is 9.86. The Kier molecular flexibility index (Phi) is 11.1. The SMILES string of the molecule is N#CCCCCN(CCO)CCCCC#N. The number of hydrogen-bond donors (Lipinski definition) is 1. The second kappa shape index (κ2) is 12.0. The van der Waals surface area contributed by atoms with Gasteiger partial charge in [0.25, 0.3) is 0 Å². The van der Waals surface area contributed by atoms with Crippen LogP contribution in [0.15, 0.2) is 0 Å². The highest BCUT2D eigenvalue weighted by Gasteiger charge is 2.03. The van der Waals surface area contributed by atoms with Crippen molar-refractivity contribution in [2.24, 2.45) is 0 Å². The van der Waals surface area contributed by atoms with Crippen molar-refractivity contribution in [3.8, 4) is 12.1 Å². The lowest BCUT2D eigenvalue weighted by molar-refractivity contribution is 0.191. The minimum absolute atomic E-state index is 0.177. The lowest BCUT2D eigenvalue weighted by Crippen LogP contribution is -2.29. The van der Waals surface area contributed by atoms with Crippen molar-refractivity contribution in [1.29, 1.82) is 10.5 Å². The summed E-state index contributed by atoms with van der Waals surface area (Å²) < 4.78 is 0. The van der Waals surface area contributed by atoms with E-state index >= 15 is 0 Å². The monoisotopic (exact) mass is 223 g/mol. The van der Waals surface area contributed by atoms with Crippen LogP contribution in [-0.2, 0) is 0 Å². The molecule has 0 saturated heterocycles. The summed E-state index contributed by atoms with van der Waals surface area (Å²) in [7, 11) is 0. The molecule has 0 saturated carbocycles. The van der Waals surface area contributed by atoms with Gasteiger partial charge >= 0.3 is 0 Å². The van der Waals surface area contributed by atoms with Crippen LogP contribution in [0.25, 0.3) is 0 Å². The summed E-state index contributed by atoms with van der Waals surface area (Å²) in [6.07, 6.45) is 5.09. The maximum absolute atomic E-state index is 8.90. The second-order valence-corrected chi connectivity index (χ2v) is 3.80. The summed E-state index contributed by atoms with van der Waals surface area (Å²) >= 11 is 0. The van der Waals surface area contributed by atoms with Crippen molar-refractivity contribution in [3.05, 3.63) is 0 Å². The topological polar surface area (TPSA) is 71.1 Å². The van der Waals surface area contributed by atoms with Gasteiger partial charge in [0.1, 0.15) is 0 Å². The van der Waals surface area contributed by atoms with Crippen LogP contribution < -0.4 is 0 Å². The van der Waals surface area contributed by atoms with Gasteiger partial charge in [0, 0.05) is 19.4 Å². The molecule has 0 aromatic carbocycles. The van der Waals surface area contributed by atoms with E-state index in [9.17, 15) is 0 Å². The van der Waals surface area contributed by atoms with Crippen molar-refractivity contribution in [2.75, 3.05) is 26.2 Å². The zero-order valence-electron chi connectivity index (χ0n) is 9.86. The van der Waals surface area contributed by atoms with E-state index in [0.717, 1.165) is 38.8 Å². The molecule has 90 valence electrons. The van der Waals surface area contributed by atoms with Crippen molar-refractivity contribution in [1.82, 2.24) is 4.90 Å². The molecular formula is C12H21N3O. The molecule has 0 rings (SSSR count). The van der Waals surface area contributed by atoms with Gasteiger partial charge in [-0.2, -0.15) is 10.5 Å². The normalized spacial score (nSPS) is 10.0. The third-order valence-corrected chi connectivity index (χ3v) is 2.44. The van der Waals surface area contributed by atoms with E-state index in [2.05, 4.69) is 17.0 Å². The highest BCUT2D eigenvalue weighted by Crippen LogP contribution is 2.02. The molecule has 0 aliphatic heterocycles. The molecular weight excluding hydrogens is 202 g/mol. The summed E-state index contributed by atoms with van der Waals surface area (Å²) in [5.74, 6) is 0. The number of nitrogens with zero attached hydrogens (tertiary/aromatic N) is 3. The predicted molar refractivity (Wildman–Crippen MR) is 62.5 cm³/mol. The largest absolute Gasteiger partial charge is 0.395 e. The number of nitriles is 2. The van der Waals surface area contributed by atoms with Crippen molar-refractivity contribution < 1.29 is 5.11 Å². The fourth-order valence-electron chi connectivity index (χ4n) is 1.56. The Hall–Kier alpha value is -1.10. The Labute approximate surface area is 98.1 Å². The van der Waals surface area contributed by atoms with Crippen molar-refractivity contribution in [2.45, 2.75) is 38.5 Å². The van der Waals surface area contributed by atoms with Gasteiger partial charge < -0.3 is 10.0 Å². The van der Waals surface area contributed by atoms with Crippen molar-refractivity contribution >= 4 is 0 Å². The fraction of sp³-hybridized carbons (Fsp3) is 0.833. The Balaban J connectivity index is 3.55. The molecule has 0 aliphatic rings. The minimum atomic E-state index is 0.177. The maximum atomic E-state index is 8.90. The molecule has 0 atom stereocenters. The van der Waals surface area contributed by atoms with Gasteiger partial charge in [-0.25, -0.2) is 0 Å². The van der Waals surface area contributed by atoms with Gasteiger partial charge in [-0.05, 0) is 38.8 Å². The molecule has 0 fully saturated rings. The Morgan fingerprint density at radius 3 is 1.69 bits per heavy atom. The van der Waals surface area contributed by atoms with E-state index in [-0.39, 0.29) is 6.61 Å². The molecule has 0 radical (unpaired) electrons. The van der Waals surface area contributed by atoms with Crippen LogP contribution in [0.3, 0.4) is 0 Å².